The molecule has 160 valence electrons. The Morgan fingerprint density at radius 3 is 2.87 bits per heavy atom. The van der Waals surface area contributed by atoms with E-state index in [1.807, 2.05) is 6.92 Å². The summed E-state index contributed by atoms with van der Waals surface area (Å²) in [5.41, 5.74) is 3.58. The molecular weight excluding hydrogens is 399 g/mol. The van der Waals surface area contributed by atoms with Crippen LogP contribution in [0.15, 0.2) is 33.6 Å². The van der Waals surface area contributed by atoms with E-state index in [2.05, 4.69) is 21.1 Å². The molecule has 0 unspecified atom stereocenters. The molecular formula is C23H23FN4O3. The van der Waals surface area contributed by atoms with Crippen molar-refractivity contribution in [2.24, 2.45) is 0 Å². The molecule has 3 aromatic rings. The van der Waals surface area contributed by atoms with E-state index in [0.717, 1.165) is 42.7 Å². The van der Waals surface area contributed by atoms with Crippen molar-refractivity contribution < 1.29 is 13.7 Å². The number of rotatable bonds is 4. The van der Waals surface area contributed by atoms with E-state index in [9.17, 15) is 14.0 Å². The van der Waals surface area contributed by atoms with Crippen LogP contribution < -0.4 is 5.56 Å². The fourth-order valence-electron chi connectivity index (χ4n) is 4.46. The van der Waals surface area contributed by atoms with Crippen LogP contribution in [0, 0.1) is 12.7 Å². The molecule has 0 atom stereocenters. The van der Waals surface area contributed by atoms with E-state index in [1.165, 1.54) is 12.1 Å². The number of fused-ring (bicyclic) bond motifs is 2. The van der Waals surface area contributed by atoms with Gasteiger partial charge in [-0.3, -0.25) is 19.1 Å². The van der Waals surface area contributed by atoms with E-state index >= 15 is 0 Å². The zero-order valence-corrected chi connectivity index (χ0v) is 17.4. The fourth-order valence-corrected chi connectivity index (χ4v) is 4.46. The maximum absolute atomic E-state index is 13.4. The second kappa shape index (κ2) is 7.85. The number of Topliss-reactive ketones (excluding diaryl/α,β-unsaturated/α-hetero) is 1. The van der Waals surface area contributed by atoms with Crippen LogP contribution in [0.3, 0.4) is 0 Å². The van der Waals surface area contributed by atoms with E-state index < -0.39 is 0 Å². The molecule has 0 N–H and O–H groups in total. The van der Waals surface area contributed by atoms with Gasteiger partial charge in [-0.05, 0) is 43.9 Å². The van der Waals surface area contributed by atoms with E-state index in [1.54, 1.807) is 10.6 Å². The number of carbonyl (C=O) groups is 1. The quantitative estimate of drug-likeness (QED) is 0.643. The molecule has 7 nitrogen and oxygen atoms in total. The first-order valence-electron chi connectivity index (χ1n) is 10.6. The first-order valence-corrected chi connectivity index (χ1v) is 10.6. The highest BCUT2D eigenvalue weighted by Crippen LogP contribution is 2.29. The number of aryl methyl sites for hydroxylation is 1. The van der Waals surface area contributed by atoms with Gasteiger partial charge in [0.15, 0.2) is 17.2 Å². The van der Waals surface area contributed by atoms with Gasteiger partial charge in [0, 0.05) is 55.3 Å². The first kappa shape index (κ1) is 19.8. The molecule has 0 saturated heterocycles. The predicted octanol–water partition coefficient (Wildman–Crippen LogP) is 3.14. The van der Waals surface area contributed by atoms with Gasteiger partial charge in [0.25, 0.3) is 5.56 Å². The highest BCUT2D eigenvalue weighted by atomic mass is 19.1. The van der Waals surface area contributed by atoms with E-state index in [-0.39, 0.29) is 17.2 Å². The third-order valence-electron chi connectivity index (χ3n) is 6.21. The maximum Gasteiger partial charge on any atom is 0.257 e. The third-order valence-corrected chi connectivity index (χ3v) is 6.21. The van der Waals surface area contributed by atoms with Crippen LogP contribution in [0.25, 0.3) is 16.5 Å². The van der Waals surface area contributed by atoms with Crippen molar-refractivity contribution in [3.05, 3.63) is 63.2 Å². The fraction of sp³-hybridized carbons (Fsp3) is 0.391. The van der Waals surface area contributed by atoms with Crippen LogP contribution in [0.1, 0.15) is 46.8 Å². The summed E-state index contributed by atoms with van der Waals surface area (Å²) in [4.78, 5) is 31.7. The number of carbonyl (C=O) groups excluding carboxylic acids is 1. The average Bonchev–Trinajstić information content (AvgIpc) is 3.18. The number of aromatic nitrogens is 3. The van der Waals surface area contributed by atoms with Crippen LogP contribution in [0.4, 0.5) is 4.39 Å². The summed E-state index contributed by atoms with van der Waals surface area (Å²) in [7, 11) is 0. The van der Waals surface area contributed by atoms with Crippen molar-refractivity contribution >= 4 is 22.3 Å². The summed E-state index contributed by atoms with van der Waals surface area (Å²) in [6.45, 7) is 4.68. The van der Waals surface area contributed by atoms with Crippen LogP contribution in [0.2, 0.25) is 0 Å². The molecule has 0 radical (unpaired) electrons. The average molecular weight is 422 g/mol. The zero-order chi connectivity index (χ0) is 21.5. The van der Waals surface area contributed by atoms with Gasteiger partial charge in [0.2, 0.25) is 0 Å². The van der Waals surface area contributed by atoms with Gasteiger partial charge in [0.1, 0.15) is 11.5 Å². The van der Waals surface area contributed by atoms with Gasteiger partial charge >= 0.3 is 0 Å². The Hall–Kier alpha value is -3.13. The summed E-state index contributed by atoms with van der Waals surface area (Å²) in [6.07, 6.45) is 4.67. The summed E-state index contributed by atoms with van der Waals surface area (Å²) in [5.74, 6) is -0.0798. The van der Waals surface area contributed by atoms with Crippen molar-refractivity contribution in [2.45, 2.75) is 39.2 Å². The molecule has 2 aliphatic rings. The molecule has 0 bridgehead atoms. The molecule has 2 aliphatic heterocycles. The zero-order valence-electron chi connectivity index (χ0n) is 17.4. The van der Waals surface area contributed by atoms with Crippen LogP contribution in [-0.2, 0) is 13.0 Å². The molecule has 2 aromatic heterocycles. The minimum atomic E-state index is -0.341. The lowest BCUT2D eigenvalue weighted by atomic mass is 10.0. The van der Waals surface area contributed by atoms with Gasteiger partial charge in [-0.1, -0.05) is 11.2 Å². The third kappa shape index (κ3) is 3.61. The van der Waals surface area contributed by atoms with Gasteiger partial charge in [-0.2, -0.15) is 0 Å². The van der Waals surface area contributed by atoms with E-state index in [4.69, 9.17) is 4.52 Å². The lowest BCUT2D eigenvalue weighted by Gasteiger charge is -2.26. The van der Waals surface area contributed by atoms with Crippen LogP contribution in [0.5, 0.6) is 0 Å². The second-order valence-corrected chi connectivity index (χ2v) is 8.18. The number of hydrogen-bond acceptors (Lipinski definition) is 6. The Morgan fingerprint density at radius 1 is 1.19 bits per heavy atom. The SMILES string of the molecule is Cc1nc2n(c(=O)c1CCN1CC=C(c3noc4cc(F)ccc34)CC1)CCCC2=O. The minimum absolute atomic E-state index is 0.0465. The smallest absolute Gasteiger partial charge is 0.257 e. The summed E-state index contributed by atoms with van der Waals surface area (Å²) in [5, 5.41) is 4.96. The van der Waals surface area contributed by atoms with Gasteiger partial charge in [-0.25, -0.2) is 9.37 Å². The number of hydrogen-bond donors (Lipinski definition) is 0. The highest BCUT2D eigenvalue weighted by Gasteiger charge is 2.24. The molecule has 4 heterocycles. The van der Waals surface area contributed by atoms with Crippen molar-refractivity contribution in [1.29, 1.82) is 0 Å². The Morgan fingerprint density at radius 2 is 2.06 bits per heavy atom. The second-order valence-electron chi connectivity index (χ2n) is 8.18. The minimum Gasteiger partial charge on any atom is -0.356 e. The van der Waals surface area contributed by atoms with Gasteiger partial charge < -0.3 is 4.52 Å². The standard InChI is InChI=1S/C23H23FN4O3/c1-14-17(23(30)28-9-2-3-19(29)22(28)25-14)8-12-27-10-6-15(7-11-27)21-18-5-4-16(24)13-20(18)31-26-21/h4-6,13H,2-3,7-12H2,1H3. The monoisotopic (exact) mass is 422 g/mol. The molecule has 5 rings (SSSR count). The molecule has 0 spiro atoms. The van der Waals surface area contributed by atoms with Crippen molar-refractivity contribution in [2.75, 3.05) is 19.6 Å². The Bertz CT molecular complexity index is 1270. The normalized spacial score (nSPS) is 17.1. The number of ketones is 1. The molecule has 0 fully saturated rings. The Balaban J connectivity index is 1.30. The predicted molar refractivity (Wildman–Crippen MR) is 114 cm³/mol. The Kier molecular flexibility index (Phi) is 5.02. The number of benzene rings is 1. The number of halogens is 1. The Labute approximate surface area is 178 Å². The topological polar surface area (TPSA) is 81.2 Å². The summed E-state index contributed by atoms with van der Waals surface area (Å²) >= 11 is 0. The molecule has 1 aromatic carbocycles. The van der Waals surface area contributed by atoms with Crippen molar-refractivity contribution in [3.8, 4) is 0 Å². The van der Waals surface area contributed by atoms with Crippen molar-refractivity contribution in [3.63, 3.8) is 0 Å². The van der Waals surface area contributed by atoms with Crippen molar-refractivity contribution in [1.82, 2.24) is 19.6 Å². The summed E-state index contributed by atoms with van der Waals surface area (Å²) in [6, 6.07) is 4.47. The summed E-state index contributed by atoms with van der Waals surface area (Å²) < 4.78 is 20.2. The molecule has 8 heteroatoms. The lowest BCUT2D eigenvalue weighted by Crippen LogP contribution is -2.37. The first-order chi connectivity index (χ1) is 15.0. The number of nitrogens with zero attached hydrogens (tertiary/aromatic N) is 4. The highest BCUT2D eigenvalue weighted by molar-refractivity contribution is 5.93. The molecule has 0 aliphatic carbocycles. The van der Waals surface area contributed by atoms with Gasteiger partial charge in [-0.15, -0.1) is 0 Å². The van der Waals surface area contributed by atoms with Crippen LogP contribution in [-0.4, -0.2) is 45.0 Å². The van der Waals surface area contributed by atoms with E-state index in [0.29, 0.717) is 48.5 Å². The maximum atomic E-state index is 13.4. The molecule has 0 amide bonds. The largest absolute Gasteiger partial charge is 0.356 e. The van der Waals surface area contributed by atoms with Crippen LogP contribution >= 0.6 is 0 Å². The molecule has 31 heavy (non-hydrogen) atoms. The molecule has 0 saturated carbocycles. The van der Waals surface area contributed by atoms with Gasteiger partial charge in [0.05, 0.1) is 0 Å². The lowest BCUT2D eigenvalue weighted by molar-refractivity contribution is 0.0945.